The minimum absolute atomic E-state index is 0.129. The molecule has 1 aromatic rings. The van der Waals surface area contributed by atoms with E-state index in [0.717, 1.165) is 0 Å². The van der Waals surface area contributed by atoms with E-state index in [1.165, 1.54) is 19.6 Å². The van der Waals surface area contributed by atoms with E-state index >= 15 is 0 Å². The van der Waals surface area contributed by atoms with Crippen molar-refractivity contribution in [2.24, 2.45) is 0 Å². The first kappa shape index (κ1) is 21.0. The molecule has 0 radical (unpaired) electrons. The maximum atomic E-state index is 11.5. The zero-order valence-electron chi connectivity index (χ0n) is 14.0. The van der Waals surface area contributed by atoms with Gasteiger partial charge in [0.05, 0.1) is 12.8 Å². The first-order valence-corrected chi connectivity index (χ1v) is 9.42. The molecule has 0 amide bonds. The van der Waals surface area contributed by atoms with Gasteiger partial charge in [-0.05, 0) is 32.1 Å². The third kappa shape index (κ3) is 8.44. The number of aldehydes is 1. The molecule has 0 bridgehead atoms. The predicted molar refractivity (Wildman–Crippen MR) is 90.4 cm³/mol. The fourth-order valence-electron chi connectivity index (χ4n) is 1.93. The van der Waals surface area contributed by atoms with Crippen LogP contribution in [0.1, 0.15) is 43.6 Å². The normalized spacial score (nSPS) is 13.2. The van der Waals surface area contributed by atoms with E-state index in [2.05, 4.69) is 25.7 Å². The zero-order valence-corrected chi connectivity index (χ0v) is 14.9. The van der Waals surface area contributed by atoms with E-state index < -0.39 is 7.60 Å². The van der Waals surface area contributed by atoms with Crippen LogP contribution in [0.25, 0.3) is 0 Å². The summed E-state index contributed by atoms with van der Waals surface area (Å²) in [4.78, 5) is 22.4. The molecule has 0 spiro atoms. The van der Waals surface area contributed by atoms with Crippen LogP contribution >= 0.6 is 7.60 Å². The van der Waals surface area contributed by atoms with E-state index in [9.17, 15) is 14.3 Å². The Morgan fingerprint density at radius 1 is 1.14 bits per heavy atom. The highest BCUT2D eigenvalue weighted by atomic mass is 31.2. The van der Waals surface area contributed by atoms with Gasteiger partial charge in [-0.1, -0.05) is 45.0 Å². The fraction of sp³-hybridized carbons (Fsp3) is 0.562. The highest BCUT2D eigenvalue weighted by Crippen LogP contribution is 2.45. The molecule has 0 saturated heterocycles. The largest absolute Gasteiger partial charge is 0.332 e. The van der Waals surface area contributed by atoms with E-state index in [1.54, 1.807) is 31.2 Å². The Morgan fingerprint density at radius 3 is 2.09 bits per heavy atom. The van der Waals surface area contributed by atoms with Crippen molar-refractivity contribution in [2.45, 2.75) is 33.9 Å². The highest BCUT2D eigenvalue weighted by Gasteiger charge is 2.20. The van der Waals surface area contributed by atoms with Crippen molar-refractivity contribution in [1.82, 2.24) is 4.90 Å². The van der Waals surface area contributed by atoms with Crippen molar-refractivity contribution in [1.29, 1.82) is 0 Å². The summed E-state index contributed by atoms with van der Waals surface area (Å²) in [5.74, 6) is 0. The van der Waals surface area contributed by atoms with E-state index in [-0.39, 0.29) is 12.8 Å². The molecule has 0 aliphatic heterocycles. The third-order valence-corrected chi connectivity index (χ3v) is 4.63. The Balaban J connectivity index is 0.000000534. The van der Waals surface area contributed by atoms with Gasteiger partial charge in [-0.2, -0.15) is 0 Å². The maximum absolute atomic E-state index is 11.5. The minimum Gasteiger partial charge on any atom is -0.324 e. The van der Waals surface area contributed by atoms with Crippen LogP contribution in [0, 0.1) is 0 Å². The van der Waals surface area contributed by atoms with E-state index in [1.807, 2.05) is 0 Å². The monoisotopic (exact) mass is 329 g/mol. The molecule has 0 fully saturated rings. The van der Waals surface area contributed by atoms with Crippen molar-refractivity contribution < 1.29 is 18.8 Å². The van der Waals surface area contributed by atoms with Crippen molar-refractivity contribution in [3.63, 3.8) is 0 Å². The summed E-state index contributed by atoms with van der Waals surface area (Å²) < 4.78 is 16.2. The van der Waals surface area contributed by atoms with Gasteiger partial charge in [-0.25, -0.2) is 0 Å². The van der Waals surface area contributed by atoms with Gasteiger partial charge in [0.2, 0.25) is 0 Å². The van der Waals surface area contributed by atoms with E-state index in [4.69, 9.17) is 4.52 Å². The van der Waals surface area contributed by atoms with Gasteiger partial charge in [0.25, 0.3) is 0 Å². The van der Waals surface area contributed by atoms with Crippen LogP contribution in [0.3, 0.4) is 0 Å². The highest BCUT2D eigenvalue weighted by molar-refractivity contribution is 7.51. The molecule has 0 heterocycles. The summed E-state index contributed by atoms with van der Waals surface area (Å²) in [5, 5.41) is 0. The second-order valence-electron chi connectivity index (χ2n) is 4.65. The Kier molecular flexibility index (Phi) is 11.0. The topological polar surface area (TPSA) is 66.8 Å². The Morgan fingerprint density at radius 2 is 1.68 bits per heavy atom. The lowest BCUT2D eigenvalue weighted by molar-refractivity contribution is 0.112. The summed E-state index contributed by atoms with van der Waals surface area (Å²) in [5.41, 5.74) is 0.957. The molecule has 0 aliphatic rings. The van der Waals surface area contributed by atoms with Crippen LogP contribution < -0.4 is 0 Å². The molecule has 0 aromatic heterocycles. The Labute approximate surface area is 133 Å². The summed E-state index contributed by atoms with van der Waals surface area (Å²) in [6.07, 6.45) is 0.539. The smallest absolute Gasteiger partial charge is 0.324 e. The molecule has 1 atom stereocenters. The van der Waals surface area contributed by atoms with Crippen LogP contribution in [0.5, 0.6) is 0 Å². The molecular weight excluding hydrogens is 301 g/mol. The maximum Gasteiger partial charge on any atom is 0.332 e. The second kappa shape index (κ2) is 11.6. The number of carbonyl (C=O) groups is 1. The second-order valence-corrected chi connectivity index (χ2v) is 6.50. The van der Waals surface area contributed by atoms with Crippen LogP contribution in [-0.2, 0) is 15.3 Å². The number of carbonyl (C=O) groups excluding carboxylic acids is 1. The molecule has 22 heavy (non-hydrogen) atoms. The molecule has 5 nitrogen and oxygen atoms in total. The van der Waals surface area contributed by atoms with Crippen LogP contribution in [0.2, 0.25) is 0 Å². The van der Waals surface area contributed by atoms with Crippen molar-refractivity contribution in [3.8, 4) is 0 Å². The molecule has 1 unspecified atom stereocenters. The van der Waals surface area contributed by atoms with Crippen LogP contribution in [0.15, 0.2) is 24.3 Å². The van der Waals surface area contributed by atoms with Gasteiger partial charge in [-0.3, -0.25) is 9.36 Å². The molecule has 1 rings (SSSR count). The van der Waals surface area contributed by atoms with Gasteiger partial charge >= 0.3 is 7.60 Å². The summed E-state index contributed by atoms with van der Waals surface area (Å²) in [6.45, 7) is 11.9. The minimum atomic E-state index is -3.61. The molecule has 1 aromatic carbocycles. The Hall–Kier alpha value is -1.00. The first-order valence-electron chi connectivity index (χ1n) is 7.65. The molecule has 0 saturated carbocycles. The predicted octanol–water partition coefficient (Wildman–Crippen LogP) is 3.57. The average Bonchev–Trinajstić information content (AvgIpc) is 2.49. The van der Waals surface area contributed by atoms with Gasteiger partial charge in [0, 0.05) is 5.56 Å². The Bertz CT molecular complexity index is 469. The van der Waals surface area contributed by atoms with Crippen LogP contribution in [-0.4, -0.2) is 42.3 Å². The molecular formula is C16H28NO4P. The SMILES string of the molecule is CCN(CC)CC.CCOP(=O)(O)Cc1ccccc1C=O. The van der Waals surface area contributed by atoms with Gasteiger partial charge in [-0.15, -0.1) is 0 Å². The summed E-state index contributed by atoms with van der Waals surface area (Å²) >= 11 is 0. The molecule has 1 N–H and O–H groups in total. The molecule has 0 aliphatic carbocycles. The summed E-state index contributed by atoms with van der Waals surface area (Å²) in [7, 11) is -3.61. The molecule has 126 valence electrons. The standard InChI is InChI=1S/C10H13O4P.C6H15N/c1-2-14-15(12,13)8-10-6-4-3-5-9(10)7-11;1-4-7(5-2)6-3/h3-7H,2,8H2,1H3,(H,12,13);4-6H2,1-3H3. The van der Waals surface area contributed by atoms with Gasteiger partial charge < -0.3 is 14.3 Å². The average molecular weight is 329 g/mol. The first-order chi connectivity index (χ1) is 10.4. The quantitative estimate of drug-likeness (QED) is 0.583. The zero-order chi connectivity index (χ0) is 17.0. The van der Waals surface area contributed by atoms with E-state index in [0.29, 0.717) is 17.4 Å². The lowest BCUT2D eigenvalue weighted by Crippen LogP contribution is -2.21. The van der Waals surface area contributed by atoms with Crippen molar-refractivity contribution in [3.05, 3.63) is 35.4 Å². The lowest BCUT2D eigenvalue weighted by atomic mass is 10.1. The molecule has 6 heteroatoms. The third-order valence-electron chi connectivity index (χ3n) is 3.22. The number of hydrogen-bond acceptors (Lipinski definition) is 4. The number of rotatable bonds is 8. The van der Waals surface area contributed by atoms with Gasteiger partial charge in [0.15, 0.2) is 0 Å². The fourth-order valence-corrected chi connectivity index (χ4v) is 3.14. The number of benzene rings is 1. The van der Waals surface area contributed by atoms with Crippen molar-refractivity contribution in [2.75, 3.05) is 26.2 Å². The number of hydrogen-bond donors (Lipinski definition) is 1. The van der Waals surface area contributed by atoms with Gasteiger partial charge in [0.1, 0.15) is 6.29 Å². The van der Waals surface area contributed by atoms with Crippen LogP contribution in [0.4, 0.5) is 0 Å². The summed E-state index contributed by atoms with van der Waals surface area (Å²) in [6, 6.07) is 6.67. The van der Waals surface area contributed by atoms with Crippen molar-refractivity contribution >= 4 is 13.9 Å². The number of nitrogens with zero attached hydrogens (tertiary/aromatic N) is 1. The lowest BCUT2D eigenvalue weighted by Gasteiger charge is -2.13.